The second-order valence-electron chi connectivity index (χ2n) is 7.38. The van der Waals surface area contributed by atoms with Gasteiger partial charge in [0.25, 0.3) is 0 Å². The van der Waals surface area contributed by atoms with Crippen LogP contribution in [-0.4, -0.2) is 68.1 Å². The molecule has 0 unspecified atom stereocenters. The van der Waals surface area contributed by atoms with Gasteiger partial charge in [0.2, 0.25) is 0 Å². The molecule has 1 aromatic rings. The van der Waals surface area contributed by atoms with Crippen molar-refractivity contribution in [3.8, 4) is 0 Å². The van der Waals surface area contributed by atoms with Crippen molar-refractivity contribution in [2.24, 2.45) is 4.99 Å². The highest BCUT2D eigenvalue weighted by molar-refractivity contribution is 8.01. The molecule has 1 saturated carbocycles. The standard InChI is InChI=1S/C21H34N4OS/c1-2-22-20(23-12-6-7-13-25-14-16-26-17-15-25)24-18-21(10-11-21)27-19-8-4-3-5-9-19/h3-5,8-9H,2,6-7,10-18H2,1H3,(H2,22,23,24). The summed E-state index contributed by atoms with van der Waals surface area (Å²) in [6, 6.07) is 10.7. The van der Waals surface area contributed by atoms with Crippen molar-refractivity contribution in [1.82, 2.24) is 15.5 Å². The Morgan fingerprint density at radius 3 is 2.63 bits per heavy atom. The fourth-order valence-electron chi connectivity index (χ4n) is 3.23. The summed E-state index contributed by atoms with van der Waals surface area (Å²) < 4.78 is 5.71. The summed E-state index contributed by atoms with van der Waals surface area (Å²) in [4.78, 5) is 8.73. The van der Waals surface area contributed by atoms with Crippen LogP contribution < -0.4 is 10.6 Å². The van der Waals surface area contributed by atoms with E-state index in [0.29, 0.717) is 4.75 Å². The summed E-state index contributed by atoms with van der Waals surface area (Å²) in [5.41, 5.74) is 0. The second-order valence-corrected chi connectivity index (χ2v) is 8.92. The zero-order valence-electron chi connectivity index (χ0n) is 16.6. The normalized spacial score (nSPS) is 19.7. The SMILES string of the molecule is CCNC(=NCC1(Sc2ccccc2)CC1)NCCCCN1CCOCC1. The molecular formula is C21H34N4OS. The largest absolute Gasteiger partial charge is 0.379 e. The lowest BCUT2D eigenvalue weighted by molar-refractivity contribution is 0.0372. The van der Waals surface area contributed by atoms with E-state index in [4.69, 9.17) is 9.73 Å². The van der Waals surface area contributed by atoms with Crippen LogP contribution in [0.15, 0.2) is 40.2 Å². The summed E-state index contributed by atoms with van der Waals surface area (Å²) >= 11 is 1.99. The molecule has 1 aliphatic heterocycles. The third-order valence-electron chi connectivity index (χ3n) is 5.05. The van der Waals surface area contributed by atoms with Gasteiger partial charge in [0.1, 0.15) is 0 Å². The summed E-state index contributed by atoms with van der Waals surface area (Å²) in [5.74, 6) is 0.962. The van der Waals surface area contributed by atoms with E-state index < -0.39 is 0 Å². The molecule has 0 spiro atoms. The van der Waals surface area contributed by atoms with Gasteiger partial charge < -0.3 is 15.4 Å². The van der Waals surface area contributed by atoms with Crippen molar-refractivity contribution < 1.29 is 4.74 Å². The zero-order chi connectivity index (χ0) is 18.8. The van der Waals surface area contributed by atoms with E-state index in [2.05, 4.69) is 52.8 Å². The van der Waals surface area contributed by atoms with Crippen LogP contribution >= 0.6 is 11.8 Å². The Labute approximate surface area is 168 Å². The van der Waals surface area contributed by atoms with Gasteiger partial charge in [0.05, 0.1) is 19.8 Å². The highest BCUT2D eigenvalue weighted by Gasteiger charge is 2.43. The number of nitrogens with zero attached hydrogens (tertiary/aromatic N) is 2. The molecule has 0 bridgehead atoms. The Bertz CT molecular complexity index is 571. The molecular weight excluding hydrogens is 356 g/mol. The van der Waals surface area contributed by atoms with Gasteiger partial charge in [-0.15, -0.1) is 11.8 Å². The first-order valence-corrected chi connectivity index (χ1v) is 11.2. The third kappa shape index (κ3) is 7.35. The lowest BCUT2D eigenvalue weighted by Gasteiger charge is -2.26. The summed E-state index contributed by atoms with van der Waals surface area (Å²) in [6.45, 7) is 10.0. The maximum absolute atomic E-state index is 5.40. The molecule has 1 saturated heterocycles. The maximum atomic E-state index is 5.40. The average molecular weight is 391 g/mol. The number of rotatable bonds is 10. The number of ether oxygens (including phenoxy) is 1. The van der Waals surface area contributed by atoms with E-state index in [9.17, 15) is 0 Å². The van der Waals surface area contributed by atoms with Crippen LogP contribution in [0.4, 0.5) is 0 Å². The molecule has 1 heterocycles. The number of nitrogens with one attached hydrogen (secondary N) is 2. The van der Waals surface area contributed by atoms with Gasteiger partial charge in [-0.1, -0.05) is 18.2 Å². The Balaban J connectivity index is 1.37. The van der Waals surface area contributed by atoms with Gasteiger partial charge in [-0.25, -0.2) is 0 Å². The maximum Gasteiger partial charge on any atom is 0.191 e. The van der Waals surface area contributed by atoms with E-state index >= 15 is 0 Å². The molecule has 0 amide bonds. The van der Waals surface area contributed by atoms with Crippen molar-refractivity contribution in [1.29, 1.82) is 0 Å². The van der Waals surface area contributed by atoms with Crippen molar-refractivity contribution in [2.45, 2.75) is 42.2 Å². The molecule has 6 heteroatoms. The number of morpholine rings is 1. The monoisotopic (exact) mass is 390 g/mol. The molecule has 0 aromatic heterocycles. The molecule has 3 rings (SSSR count). The number of hydrogen-bond acceptors (Lipinski definition) is 4. The first kappa shape index (κ1) is 20.5. The van der Waals surface area contributed by atoms with Crippen LogP contribution in [0.5, 0.6) is 0 Å². The van der Waals surface area contributed by atoms with Gasteiger partial charge in [0, 0.05) is 35.8 Å². The Morgan fingerprint density at radius 2 is 1.93 bits per heavy atom. The van der Waals surface area contributed by atoms with Gasteiger partial charge in [-0.2, -0.15) is 0 Å². The van der Waals surface area contributed by atoms with E-state index in [1.54, 1.807) is 0 Å². The first-order valence-electron chi connectivity index (χ1n) is 10.4. The predicted octanol–water partition coefficient (Wildman–Crippen LogP) is 2.98. The quantitative estimate of drug-likeness (QED) is 0.365. The van der Waals surface area contributed by atoms with Gasteiger partial charge in [0.15, 0.2) is 5.96 Å². The second kappa shape index (κ2) is 10.9. The number of benzene rings is 1. The third-order valence-corrected chi connectivity index (χ3v) is 6.53. The smallest absolute Gasteiger partial charge is 0.191 e. The molecule has 2 aliphatic rings. The van der Waals surface area contributed by atoms with Gasteiger partial charge in [-0.3, -0.25) is 9.89 Å². The van der Waals surface area contributed by atoms with Crippen LogP contribution in [0, 0.1) is 0 Å². The number of guanidine groups is 1. The van der Waals surface area contributed by atoms with Crippen molar-refractivity contribution >= 4 is 17.7 Å². The summed E-state index contributed by atoms with van der Waals surface area (Å²) in [5, 5.41) is 6.90. The van der Waals surface area contributed by atoms with Crippen LogP contribution in [0.2, 0.25) is 0 Å². The molecule has 2 N–H and O–H groups in total. The highest BCUT2D eigenvalue weighted by atomic mass is 32.2. The Kier molecular flexibility index (Phi) is 8.30. The molecule has 27 heavy (non-hydrogen) atoms. The molecule has 0 atom stereocenters. The van der Waals surface area contributed by atoms with E-state index in [0.717, 1.165) is 51.9 Å². The van der Waals surface area contributed by atoms with E-state index in [-0.39, 0.29) is 0 Å². The highest BCUT2D eigenvalue weighted by Crippen LogP contribution is 2.51. The number of thioether (sulfide) groups is 1. The lowest BCUT2D eigenvalue weighted by Crippen LogP contribution is -2.39. The van der Waals surface area contributed by atoms with Crippen LogP contribution in [-0.2, 0) is 4.74 Å². The fraction of sp³-hybridized carbons (Fsp3) is 0.667. The minimum absolute atomic E-state index is 0.306. The topological polar surface area (TPSA) is 48.9 Å². The summed E-state index contributed by atoms with van der Waals surface area (Å²) in [7, 11) is 0. The molecule has 150 valence electrons. The Morgan fingerprint density at radius 1 is 1.15 bits per heavy atom. The zero-order valence-corrected chi connectivity index (χ0v) is 17.4. The van der Waals surface area contributed by atoms with Crippen molar-refractivity contribution in [2.75, 3.05) is 52.5 Å². The van der Waals surface area contributed by atoms with Crippen molar-refractivity contribution in [3.05, 3.63) is 30.3 Å². The van der Waals surface area contributed by atoms with E-state index in [1.807, 2.05) is 11.8 Å². The minimum Gasteiger partial charge on any atom is -0.379 e. The summed E-state index contributed by atoms with van der Waals surface area (Å²) in [6.07, 6.45) is 4.91. The number of hydrogen-bond donors (Lipinski definition) is 2. The minimum atomic E-state index is 0.306. The first-order chi connectivity index (χ1) is 13.3. The molecule has 5 nitrogen and oxygen atoms in total. The van der Waals surface area contributed by atoms with Gasteiger partial charge >= 0.3 is 0 Å². The lowest BCUT2D eigenvalue weighted by atomic mass is 10.3. The van der Waals surface area contributed by atoms with Gasteiger partial charge in [-0.05, 0) is 51.3 Å². The molecule has 2 fully saturated rings. The fourth-order valence-corrected chi connectivity index (χ4v) is 4.46. The molecule has 1 aliphatic carbocycles. The number of unbranched alkanes of at least 4 members (excludes halogenated alkanes) is 1. The average Bonchev–Trinajstić information content (AvgIpc) is 3.47. The van der Waals surface area contributed by atoms with Crippen LogP contribution in [0.25, 0.3) is 0 Å². The van der Waals surface area contributed by atoms with Crippen LogP contribution in [0.1, 0.15) is 32.6 Å². The van der Waals surface area contributed by atoms with Crippen molar-refractivity contribution in [3.63, 3.8) is 0 Å². The Hall–Kier alpha value is -1.24. The molecule has 1 aromatic carbocycles. The van der Waals surface area contributed by atoms with E-state index in [1.165, 1.54) is 37.1 Å². The number of aliphatic imine (C=N–C) groups is 1. The van der Waals surface area contributed by atoms with Crippen LogP contribution in [0.3, 0.4) is 0 Å². The molecule has 0 radical (unpaired) electrons. The predicted molar refractivity (Wildman–Crippen MR) is 115 cm³/mol.